The van der Waals surface area contributed by atoms with Crippen LogP contribution in [-0.4, -0.2) is 48.4 Å². The van der Waals surface area contributed by atoms with Gasteiger partial charge in [0.15, 0.2) is 0 Å². The van der Waals surface area contributed by atoms with Crippen molar-refractivity contribution in [2.45, 2.75) is 25.8 Å². The number of amides is 1. The second-order valence-corrected chi connectivity index (χ2v) is 5.82. The number of benzene rings is 1. The minimum Gasteiger partial charge on any atom is -0.399 e. The first kappa shape index (κ1) is 15.1. The van der Waals surface area contributed by atoms with Gasteiger partial charge in [-0.3, -0.25) is 4.79 Å². The predicted octanol–water partition coefficient (Wildman–Crippen LogP) is 2.48. The maximum absolute atomic E-state index is 12.8. The Balaban J connectivity index is 2.27. The molecule has 1 amide bonds. The summed E-state index contributed by atoms with van der Waals surface area (Å²) in [5, 5.41) is 0.469. The van der Waals surface area contributed by atoms with Gasteiger partial charge in [-0.05, 0) is 44.6 Å². The molecule has 2 rings (SSSR count). The molecule has 1 heterocycles. The van der Waals surface area contributed by atoms with E-state index in [-0.39, 0.29) is 11.9 Å². The molecule has 1 saturated heterocycles. The van der Waals surface area contributed by atoms with Gasteiger partial charge in [0.1, 0.15) is 0 Å². The lowest BCUT2D eigenvalue weighted by atomic mass is 10.1. The number of carbonyl (C=O) groups excluding carboxylic acids is 1. The smallest absolute Gasteiger partial charge is 0.255 e. The number of hydrogen-bond donors (Lipinski definition) is 1. The molecule has 110 valence electrons. The lowest BCUT2D eigenvalue weighted by molar-refractivity contribution is 0.0676. The van der Waals surface area contributed by atoms with Crippen molar-refractivity contribution in [2.24, 2.45) is 0 Å². The molecule has 1 aromatic rings. The Bertz CT molecular complexity index is 492. The SMILES string of the molecule is CCC1CN(C)CCCN1C(=O)c1cc(N)ccc1Cl. The molecule has 0 aromatic heterocycles. The fourth-order valence-corrected chi connectivity index (χ4v) is 2.92. The van der Waals surface area contributed by atoms with Crippen LogP contribution in [0.4, 0.5) is 5.69 Å². The number of nitrogens with zero attached hydrogens (tertiary/aromatic N) is 2. The largest absolute Gasteiger partial charge is 0.399 e. The quantitative estimate of drug-likeness (QED) is 0.853. The molecule has 5 heteroatoms. The highest BCUT2D eigenvalue weighted by Gasteiger charge is 2.27. The van der Waals surface area contributed by atoms with Gasteiger partial charge in [-0.1, -0.05) is 18.5 Å². The number of halogens is 1. The molecule has 1 atom stereocenters. The molecule has 0 saturated carbocycles. The van der Waals surface area contributed by atoms with E-state index in [1.165, 1.54) is 0 Å². The van der Waals surface area contributed by atoms with E-state index >= 15 is 0 Å². The molecule has 1 aromatic carbocycles. The molecule has 4 nitrogen and oxygen atoms in total. The molecule has 0 bridgehead atoms. The van der Waals surface area contributed by atoms with Gasteiger partial charge in [-0.25, -0.2) is 0 Å². The zero-order valence-corrected chi connectivity index (χ0v) is 12.9. The topological polar surface area (TPSA) is 49.6 Å². The maximum Gasteiger partial charge on any atom is 0.255 e. The van der Waals surface area contributed by atoms with E-state index in [9.17, 15) is 4.79 Å². The first-order valence-corrected chi connectivity index (χ1v) is 7.45. The molecular weight excluding hydrogens is 274 g/mol. The molecule has 20 heavy (non-hydrogen) atoms. The first-order valence-electron chi connectivity index (χ1n) is 7.07. The van der Waals surface area contributed by atoms with Crippen molar-refractivity contribution in [3.63, 3.8) is 0 Å². The average Bonchev–Trinajstić information content (AvgIpc) is 2.62. The lowest BCUT2D eigenvalue weighted by Crippen LogP contribution is -2.43. The molecule has 0 aliphatic carbocycles. The summed E-state index contributed by atoms with van der Waals surface area (Å²) in [7, 11) is 2.10. The second-order valence-electron chi connectivity index (χ2n) is 5.42. The van der Waals surface area contributed by atoms with Gasteiger partial charge in [0.05, 0.1) is 10.6 Å². The Labute approximate surface area is 125 Å². The Morgan fingerprint density at radius 1 is 1.45 bits per heavy atom. The number of carbonyl (C=O) groups is 1. The van der Waals surface area contributed by atoms with Crippen LogP contribution < -0.4 is 5.73 Å². The van der Waals surface area contributed by atoms with Crippen LogP contribution in [0.15, 0.2) is 18.2 Å². The zero-order chi connectivity index (χ0) is 14.7. The number of nitrogen functional groups attached to an aromatic ring is 1. The Morgan fingerprint density at radius 3 is 2.90 bits per heavy atom. The van der Waals surface area contributed by atoms with E-state index in [1.807, 2.05) is 4.90 Å². The Morgan fingerprint density at radius 2 is 2.20 bits per heavy atom. The third-order valence-electron chi connectivity index (χ3n) is 3.85. The number of rotatable bonds is 2. The third-order valence-corrected chi connectivity index (χ3v) is 4.18. The standard InChI is InChI=1S/C15H22ClN3O/c1-3-12-10-18(2)7-4-8-19(12)15(20)13-9-11(17)5-6-14(13)16/h5-6,9,12H,3-4,7-8,10,17H2,1-2H3. The number of nitrogens with two attached hydrogens (primary N) is 1. The summed E-state index contributed by atoms with van der Waals surface area (Å²) in [6.45, 7) is 4.81. The number of hydrogen-bond acceptors (Lipinski definition) is 3. The van der Waals surface area contributed by atoms with Crippen molar-refractivity contribution in [3.8, 4) is 0 Å². The van der Waals surface area contributed by atoms with E-state index in [2.05, 4.69) is 18.9 Å². The minimum atomic E-state index is -0.00977. The lowest BCUT2D eigenvalue weighted by Gasteiger charge is -2.30. The highest BCUT2D eigenvalue weighted by atomic mass is 35.5. The van der Waals surface area contributed by atoms with Crippen LogP contribution in [0.3, 0.4) is 0 Å². The fraction of sp³-hybridized carbons (Fsp3) is 0.533. The molecule has 0 radical (unpaired) electrons. The van der Waals surface area contributed by atoms with Crippen molar-refractivity contribution in [1.82, 2.24) is 9.80 Å². The number of anilines is 1. The number of likely N-dealkylation sites (N-methyl/N-ethyl adjacent to an activating group) is 1. The Hall–Kier alpha value is -1.26. The van der Waals surface area contributed by atoms with Crippen molar-refractivity contribution >= 4 is 23.2 Å². The summed E-state index contributed by atoms with van der Waals surface area (Å²) >= 11 is 6.16. The van der Waals surface area contributed by atoms with Crippen molar-refractivity contribution in [3.05, 3.63) is 28.8 Å². The van der Waals surface area contributed by atoms with Gasteiger partial charge in [-0.2, -0.15) is 0 Å². The van der Waals surface area contributed by atoms with Crippen LogP contribution in [0.25, 0.3) is 0 Å². The van der Waals surface area contributed by atoms with Crippen LogP contribution in [0, 0.1) is 0 Å². The van der Waals surface area contributed by atoms with Gasteiger partial charge in [0, 0.05) is 24.8 Å². The van der Waals surface area contributed by atoms with Gasteiger partial charge in [-0.15, -0.1) is 0 Å². The van der Waals surface area contributed by atoms with Crippen molar-refractivity contribution < 1.29 is 4.79 Å². The van der Waals surface area contributed by atoms with Gasteiger partial charge in [0.2, 0.25) is 0 Å². The van der Waals surface area contributed by atoms with Gasteiger partial charge in [0.25, 0.3) is 5.91 Å². The highest BCUT2D eigenvalue weighted by Crippen LogP contribution is 2.23. The maximum atomic E-state index is 12.8. The second kappa shape index (κ2) is 6.46. The minimum absolute atomic E-state index is 0.00977. The van der Waals surface area contributed by atoms with Crippen LogP contribution >= 0.6 is 11.6 Å². The summed E-state index contributed by atoms with van der Waals surface area (Å²) in [6.07, 6.45) is 1.93. The summed E-state index contributed by atoms with van der Waals surface area (Å²) < 4.78 is 0. The molecule has 2 N–H and O–H groups in total. The van der Waals surface area contributed by atoms with Gasteiger partial charge < -0.3 is 15.5 Å². The monoisotopic (exact) mass is 295 g/mol. The van der Waals surface area contributed by atoms with E-state index in [4.69, 9.17) is 17.3 Å². The van der Waals surface area contributed by atoms with Crippen molar-refractivity contribution in [2.75, 3.05) is 32.4 Å². The molecule has 1 fully saturated rings. The van der Waals surface area contributed by atoms with E-state index in [0.717, 1.165) is 32.5 Å². The predicted molar refractivity (Wildman–Crippen MR) is 83.1 cm³/mol. The summed E-state index contributed by atoms with van der Waals surface area (Å²) in [5.74, 6) is -0.00977. The molecule has 1 aliphatic rings. The van der Waals surface area contributed by atoms with E-state index in [0.29, 0.717) is 16.3 Å². The fourth-order valence-electron chi connectivity index (χ4n) is 2.72. The normalized spacial score (nSPS) is 20.8. The molecule has 1 aliphatic heterocycles. The summed E-state index contributed by atoms with van der Waals surface area (Å²) in [4.78, 5) is 17.0. The molecular formula is C15H22ClN3O. The Kier molecular flexibility index (Phi) is 4.89. The van der Waals surface area contributed by atoms with Crippen LogP contribution in [-0.2, 0) is 0 Å². The van der Waals surface area contributed by atoms with Crippen LogP contribution in [0.1, 0.15) is 30.1 Å². The highest BCUT2D eigenvalue weighted by molar-refractivity contribution is 6.34. The third kappa shape index (κ3) is 3.25. The molecule has 0 spiro atoms. The van der Waals surface area contributed by atoms with E-state index < -0.39 is 0 Å². The summed E-state index contributed by atoms with van der Waals surface area (Å²) in [5.41, 5.74) is 6.85. The zero-order valence-electron chi connectivity index (χ0n) is 12.1. The van der Waals surface area contributed by atoms with Crippen LogP contribution in [0.2, 0.25) is 5.02 Å². The average molecular weight is 296 g/mol. The summed E-state index contributed by atoms with van der Waals surface area (Å²) in [6, 6.07) is 5.31. The van der Waals surface area contributed by atoms with Gasteiger partial charge >= 0.3 is 0 Å². The van der Waals surface area contributed by atoms with Crippen molar-refractivity contribution in [1.29, 1.82) is 0 Å². The molecule has 1 unspecified atom stereocenters. The first-order chi connectivity index (χ1) is 9.52. The van der Waals surface area contributed by atoms with Crippen LogP contribution in [0.5, 0.6) is 0 Å². The van der Waals surface area contributed by atoms with E-state index in [1.54, 1.807) is 18.2 Å².